The van der Waals surface area contributed by atoms with Crippen LogP contribution in [0.25, 0.3) is 0 Å². The Morgan fingerprint density at radius 1 is 0.442 bits per heavy atom. The Bertz CT molecular complexity index is 2240. The first-order chi connectivity index (χ1) is 41.6. The second-order valence-corrected chi connectivity index (χ2v) is 22.1. The summed E-state index contributed by atoms with van der Waals surface area (Å²) in [6.45, 7) is 15.5. The van der Waals surface area contributed by atoms with Crippen LogP contribution in [0.15, 0.2) is 121 Å². The zero-order valence-electron chi connectivity index (χ0n) is 52.4. The molecule has 482 valence electrons. The van der Waals surface area contributed by atoms with Gasteiger partial charge in [0.25, 0.3) is 0 Å². The molecule has 6 aliphatic heterocycles. The number of hydrogen-bond acceptors (Lipinski definition) is 19. The molecule has 0 radical (unpaired) electrons. The van der Waals surface area contributed by atoms with Gasteiger partial charge < -0.3 is 87.1 Å². The van der Waals surface area contributed by atoms with Crippen molar-refractivity contribution in [1.29, 1.82) is 0 Å². The molecule has 19 heteroatoms. The van der Waals surface area contributed by atoms with Gasteiger partial charge in [-0.15, -0.1) is 0 Å². The van der Waals surface area contributed by atoms with Gasteiger partial charge in [-0.25, -0.2) is 4.79 Å². The molecule has 0 aliphatic carbocycles. The van der Waals surface area contributed by atoms with E-state index in [2.05, 4.69) is 50.2 Å². The van der Waals surface area contributed by atoms with Crippen molar-refractivity contribution in [1.82, 2.24) is 0 Å². The third kappa shape index (κ3) is 19.8. The molecule has 6 saturated heterocycles. The third-order valence-electron chi connectivity index (χ3n) is 16.3. The molecule has 0 saturated carbocycles. The summed E-state index contributed by atoms with van der Waals surface area (Å²) in [5, 5.41) is 46.5. The normalized spacial score (nSPS) is 31.8. The molecule has 4 aromatic carbocycles. The molecule has 0 aromatic heterocycles. The van der Waals surface area contributed by atoms with Crippen LogP contribution in [0.3, 0.4) is 0 Å². The second kappa shape index (κ2) is 38.3. The summed E-state index contributed by atoms with van der Waals surface area (Å²) in [5.41, 5.74) is 2.84. The Kier molecular flexibility index (Phi) is 32.2. The van der Waals surface area contributed by atoms with Crippen molar-refractivity contribution in [3.63, 3.8) is 0 Å². The molecular weight excluding hydrogens is 1110 g/mol. The minimum absolute atomic E-state index is 0.00331. The topological polar surface area (TPSA) is 238 Å². The Balaban J connectivity index is 0.000000203. The van der Waals surface area contributed by atoms with E-state index in [0.29, 0.717) is 42.8 Å². The molecule has 4 aromatic rings. The van der Waals surface area contributed by atoms with E-state index in [9.17, 15) is 20.1 Å². The number of methoxy groups -OCH3 is 5. The van der Waals surface area contributed by atoms with Gasteiger partial charge in [0.2, 0.25) is 0 Å². The number of ether oxygens (including phenoxy) is 13. The standard InChI is InChI=1S/C25H26O4.C14H18O4.C8H16O2.C7H14O3.C7H14O2.C6H12O4/c1-27-24-22(26)17-28-23(24)18-29-25(19-11-5-2-6-12-19,20-13-7-3-8-14-20)21-15-9-4-10-16-21;1-3-11-13(16-2)12(9-17-11)18-14(15)10-7-5-4-6-8-10;1-4-7-8(9-3)6(2)5-10-7;1-3-6-7(9-2)5(8)4-10-6;1-3-6-7(8)5(2)4-9-6;1-9-6-4(8)3-10-5(6)2-7/h2-16,22-24,26H,17-18H2,1H3;4-8,11-13H,3,9H2,1-2H3;6-8H,4-5H2,1-3H3;5-8H,3-4H2,1-2H3;5-8H,3-4H2,1-2H3;4-8H,2-3H2,1H3/t22-,23-,24-;11-,12-,13+;6-,7-,8-;2*5-,6-,7-;4-,5-,6-/m111111/s1. The van der Waals surface area contributed by atoms with Crippen LogP contribution in [0.5, 0.6) is 0 Å². The predicted octanol–water partition coefficient (Wildman–Crippen LogP) is 6.97. The first-order valence-electron chi connectivity index (χ1n) is 30.4. The number of benzene rings is 4. The van der Waals surface area contributed by atoms with E-state index in [0.717, 1.165) is 55.6 Å². The van der Waals surface area contributed by atoms with Crippen molar-refractivity contribution in [2.75, 3.05) is 88.4 Å². The molecule has 10 rings (SSSR count). The highest BCUT2D eigenvalue weighted by molar-refractivity contribution is 5.89. The highest BCUT2D eigenvalue weighted by Crippen LogP contribution is 2.41. The maximum Gasteiger partial charge on any atom is 0.338 e. The van der Waals surface area contributed by atoms with Gasteiger partial charge in [-0.05, 0) is 54.5 Å². The van der Waals surface area contributed by atoms with Crippen LogP contribution in [0.4, 0.5) is 0 Å². The van der Waals surface area contributed by atoms with E-state index in [-0.39, 0.29) is 93.4 Å². The molecule has 86 heavy (non-hydrogen) atoms. The second-order valence-electron chi connectivity index (χ2n) is 22.1. The van der Waals surface area contributed by atoms with Crippen molar-refractivity contribution in [3.8, 4) is 0 Å². The lowest BCUT2D eigenvalue weighted by molar-refractivity contribution is -0.0818. The third-order valence-corrected chi connectivity index (χ3v) is 16.3. The minimum Gasteiger partial charge on any atom is -0.453 e. The largest absolute Gasteiger partial charge is 0.453 e. The lowest BCUT2D eigenvalue weighted by Gasteiger charge is -2.37. The van der Waals surface area contributed by atoms with Gasteiger partial charge in [-0.2, -0.15) is 0 Å². The van der Waals surface area contributed by atoms with Crippen LogP contribution in [-0.4, -0.2) is 218 Å². The summed E-state index contributed by atoms with van der Waals surface area (Å²) in [7, 11) is 8.06. The fraction of sp³-hybridized carbons (Fsp3) is 0.627. The van der Waals surface area contributed by atoms with Gasteiger partial charge in [-0.3, -0.25) is 0 Å². The zero-order chi connectivity index (χ0) is 62.6. The van der Waals surface area contributed by atoms with E-state index in [1.54, 1.807) is 40.6 Å². The number of aliphatic hydroxyl groups excluding tert-OH is 5. The lowest BCUT2D eigenvalue weighted by atomic mass is 9.80. The molecule has 0 bridgehead atoms. The van der Waals surface area contributed by atoms with Gasteiger partial charge in [0.05, 0.1) is 95.0 Å². The van der Waals surface area contributed by atoms with Gasteiger partial charge >= 0.3 is 5.97 Å². The quantitative estimate of drug-likeness (QED) is 0.0499. The van der Waals surface area contributed by atoms with E-state index < -0.39 is 30.0 Å². The van der Waals surface area contributed by atoms with Gasteiger partial charge in [0.1, 0.15) is 60.5 Å². The maximum atomic E-state index is 11.9. The number of carbonyl (C=O) groups excluding carboxylic acids is 1. The molecule has 18 atom stereocenters. The van der Waals surface area contributed by atoms with Crippen LogP contribution in [0.1, 0.15) is 94.3 Å². The Morgan fingerprint density at radius 2 is 0.791 bits per heavy atom. The number of hydrogen-bond donors (Lipinski definition) is 5. The molecule has 6 fully saturated rings. The number of carbonyl (C=O) groups is 1. The van der Waals surface area contributed by atoms with Crippen molar-refractivity contribution in [3.05, 3.63) is 144 Å². The van der Waals surface area contributed by atoms with Crippen molar-refractivity contribution in [2.45, 2.75) is 170 Å². The predicted molar refractivity (Wildman–Crippen MR) is 324 cm³/mol. The Labute approximate surface area is 510 Å². The zero-order valence-corrected chi connectivity index (χ0v) is 52.4. The van der Waals surface area contributed by atoms with E-state index in [1.165, 1.54) is 7.11 Å². The first kappa shape index (κ1) is 72.4. The lowest BCUT2D eigenvalue weighted by Crippen LogP contribution is -2.40. The van der Waals surface area contributed by atoms with Crippen molar-refractivity contribution < 1.29 is 91.9 Å². The summed E-state index contributed by atoms with van der Waals surface area (Å²) < 4.78 is 70.6. The SMILES string of the molecule is CC[C@H]1OC[C@@H](C)[C@H]1O.CC[C@H]1OC[C@@H](C)[C@H]1OC.CC[C@H]1OC[C@@H](O)[C@H]1OC.CC[C@H]1OC[C@@H](OC(=O)c2ccccc2)[C@H]1OC.CO[C@@H]1[C@H](O)CO[C@@H]1CO.CO[C@@H]1[C@H](O)CO[C@@H]1COC(c1ccccc1)(c1ccccc1)c1ccccc1. The van der Waals surface area contributed by atoms with Crippen LogP contribution in [0, 0.1) is 11.8 Å². The average Bonchev–Trinajstić information content (AvgIpc) is 2.06. The summed E-state index contributed by atoms with van der Waals surface area (Å²) in [4.78, 5) is 11.9. The summed E-state index contributed by atoms with van der Waals surface area (Å²) in [6.07, 6.45) is 0.557. The summed E-state index contributed by atoms with van der Waals surface area (Å²) in [6, 6.07) is 39.6. The highest BCUT2D eigenvalue weighted by Gasteiger charge is 2.43. The van der Waals surface area contributed by atoms with Gasteiger partial charge in [0.15, 0.2) is 6.10 Å². The van der Waals surface area contributed by atoms with Crippen molar-refractivity contribution >= 4 is 5.97 Å². The van der Waals surface area contributed by atoms with Crippen LogP contribution < -0.4 is 0 Å². The average molecular weight is 1210 g/mol. The van der Waals surface area contributed by atoms with Gasteiger partial charge in [0, 0.05) is 47.4 Å². The van der Waals surface area contributed by atoms with E-state index in [1.807, 2.05) is 100 Å². The molecule has 6 aliphatic rings. The molecular formula is C67H100O19. The number of aliphatic hydroxyl groups is 5. The Hall–Kier alpha value is -4.33. The van der Waals surface area contributed by atoms with E-state index in [4.69, 9.17) is 71.8 Å². The molecule has 0 amide bonds. The summed E-state index contributed by atoms with van der Waals surface area (Å²) >= 11 is 0. The number of rotatable bonds is 18. The van der Waals surface area contributed by atoms with Crippen LogP contribution in [-0.2, 0) is 67.2 Å². The number of esters is 1. The van der Waals surface area contributed by atoms with Gasteiger partial charge in [-0.1, -0.05) is 151 Å². The molecule has 5 N–H and O–H groups in total. The van der Waals surface area contributed by atoms with E-state index >= 15 is 0 Å². The van der Waals surface area contributed by atoms with Crippen molar-refractivity contribution in [2.24, 2.45) is 11.8 Å². The molecule has 19 nitrogen and oxygen atoms in total. The molecule has 6 heterocycles. The monoisotopic (exact) mass is 1210 g/mol. The highest BCUT2D eigenvalue weighted by atomic mass is 16.6. The fourth-order valence-corrected chi connectivity index (χ4v) is 11.5. The smallest absolute Gasteiger partial charge is 0.338 e. The maximum absolute atomic E-state index is 11.9. The molecule has 0 spiro atoms. The fourth-order valence-electron chi connectivity index (χ4n) is 11.5. The molecule has 0 unspecified atom stereocenters. The Morgan fingerprint density at radius 3 is 1.16 bits per heavy atom. The minimum atomic E-state index is -0.807. The van der Waals surface area contributed by atoms with Crippen LogP contribution in [0.2, 0.25) is 0 Å². The van der Waals surface area contributed by atoms with Crippen LogP contribution >= 0.6 is 0 Å². The first-order valence-corrected chi connectivity index (χ1v) is 30.4. The summed E-state index contributed by atoms with van der Waals surface area (Å²) in [5.74, 6) is 0.563.